The molecule has 0 aromatic carbocycles. The number of aliphatic hydroxyl groups excluding tert-OH is 2. The van der Waals surface area contributed by atoms with Gasteiger partial charge >= 0.3 is 0 Å². The number of nitrogens with one attached hydrogen (secondary N) is 4. The standard InChI is InChI=1S/C21H41N5O6S/c1-10(2)7-15(20(31)25-16(8-27)13(6)28)24-21(32)17(11(3)4)26-18(29)12(5)23-19(30)14(22)9-33/h10-17,27-28,33H,7-9,22H2,1-6H3,(H,23,30)(H,24,32)(H,25,31)(H,26,29)/t12-,13-,14-,15-,16-,17-/m0/s1. The highest BCUT2D eigenvalue weighted by Gasteiger charge is 2.31. The maximum atomic E-state index is 13.0. The maximum Gasteiger partial charge on any atom is 0.243 e. The molecule has 0 saturated carbocycles. The molecule has 0 spiro atoms. The van der Waals surface area contributed by atoms with Crippen LogP contribution in [0.15, 0.2) is 0 Å². The van der Waals surface area contributed by atoms with Gasteiger partial charge in [0.1, 0.15) is 18.1 Å². The zero-order valence-electron chi connectivity index (χ0n) is 20.3. The van der Waals surface area contributed by atoms with Crippen LogP contribution in [0.4, 0.5) is 0 Å². The summed E-state index contributed by atoms with van der Waals surface area (Å²) in [6.45, 7) is 9.67. The average Bonchev–Trinajstić information content (AvgIpc) is 2.72. The second kappa shape index (κ2) is 15.1. The third-order valence-electron chi connectivity index (χ3n) is 4.98. The minimum absolute atomic E-state index is 0.0542. The minimum Gasteiger partial charge on any atom is -0.394 e. The van der Waals surface area contributed by atoms with Gasteiger partial charge in [-0.05, 0) is 32.1 Å². The van der Waals surface area contributed by atoms with E-state index >= 15 is 0 Å². The van der Waals surface area contributed by atoms with Crippen molar-refractivity contribution >= 4 is 36.3 Å². The van der Waals surface area contributed by atoms with Crippen LogP contribution in [0, 0.1) is 11.8 Å². The van der Waals surface area contributed by atoms with E-state index < -0.39 is 66.5 Å². The number of hydrogen-bond donors (Lipinski definition) is 8. The van der Waals surface area contributed by atoms with Gasteiger partial charge in [-0.3, -0.25) is 19.2 Å². The summed E-state index contributed by atoms with van der Waals surface area (Å²) in [6.07, 6.45) is -0.674. The second-order valence-electron chi connectivity index (χ2n) is 8.98. The normalized spacial score (nSPS) is 16.8. The lowest BCUT2D eigenvalue weighted by molar-refractivity contribution is -0.135. The molecule has 0 bridgehead atoms. The van der Waals surface area contributed by atoms with E-state index in [0.717, 1.165) is 0 Å². The van der Waals surface area contributed by atoms with Crippen molar-refractivity contribution in [3.05, 3.63) is 0 Å². The molecule has 192 valence electrons. The van der Waals surface area contributed by atoms with Gasteiger partial charge in [-0.15, -0.1) is 0 Å². The van der Waals surface area contributed by atoms with Crippen LogP contribution in [0.2, 0.25) is 0 Å². The lowest BCUT2D eigenvalue weighted by Crippen LogP contribution is -2.59. The van der Waals surface area contributed by atoms with Gasteiger partial charge in [-0.25, -0.2) is 0 Å². The molecule has 0 aliphatic carbocycles. The van der Waals surface area contributed by atoms with E-state index in [4.69, 9.17) is 5.73 Å². The quantitative estimate of drug-likeness (QED) is 0.133. The molecule has 4 amide bonds. The fourth-order valence-corrected chi connectivity index (χ4v) is 3.01. The Balaban J connectivity index is 5.35. The Morgan fingerprint density at radius 2 is 1.42 bits per heavy atom. The molecule has 0 aliphatic rings. The molecule has 0 aliphatic heterocycles. The minimum atomic E-state index is -0.982. The summed E-state index contributed by atoms with van der Waals surface area (Å²) >= 11 is 3.95. The van der Waals surface area contributed by atoms with Gasteiger partial charge in [0, 0.05) is 5.75 Å². The largest absolute Gasteiger partial charge is 0.394 e. The number of nitrogens with two attached hydrogens (primary N) is 1. The highest BCUT2D eigenvalue weighted by atomic mass is 32.1. The molecule has 0 radical (unpaired) electrons. The lowest BCUT2D eigenvalue weighted by atomic mass is 9.99. The molecule has 0 rings (SSSR count). The van der Waals surface area contributed by atoms with Crippen molar-refractivity contribution in [1.29, 1.82) is 0 Å². The van der Waals surface area contributed by atoms with E-state index in [0.29, 0.717) is 6.42 Å². The SMILES string of the molecule is CC(C)C[C@H](NC(=O)[C@@H](NC(=O)[C@H](C)NC(=O)[C@@H](N)CS)C(C)C)C(=O)N[C@@H](CO)[C@H](C)O. The summed E-state index contributed by atoms with van der Waals surface area (Å²) in [7, 11) is 0. The van der Waals surface area contributed by atoms with Crippen LogP contribution in [0.1, 0.15) is 48.0 Å². The summed E-state index contributed by atoms with van der Waals surface area (Å²) in [4.78, 5) is 50.2. The molecule has 0 fully saturated rings. The lowest BCUT2D eigenvalue weighted by Gasteiger charge is -2.28. The summed E-state index contributed by atoms with van der Waals surface area (Å²) < 4.78 is 0. The third-order valence-corrected chi connectivity index (χ3v) is 5.37. The third kappa shape index (κ3) is 11.2. The summed E-state index contributed by atoms with van der Waals surface area (Å²) in [5, 5.41) is 29.3. The number of hydrogen-bond acceptors (Lipinski definition) is 8. The van der Waals surface area contributed by atoms with Crippen molar-refractivity contribution in [2.24, 2.45) is 17.6 Å². The average molecular weight is 492 g/mol. The summed E-state index contributed by atoms with van der Waals surface area (Å²) in [6, 6.07) is -4.59. The molecule has 0 aromatic rings. The summed E-state index contributed by atoms with van der Waals surface area (Å²) in [5.41, 5.74) is 5.60. The van der Waals surface area contributed by atoms with Gasteiger partial charge in [-0.2, -0.15) is 12.6 Å². The molecule has 12 heteroatoms. The van der Waals surface area contributed by atoms with E-state index in [2.05, 4.69) is 33.9 Å². The number of aliphatic hydroxyl groups is 2. The van der Waals surface area contributed by atoms with Gasteiger partial charge in [0.2, 0.25) is 23.6 Å². The Bertz CT molecular complexity index is 661. The first-order chi connectivity index (χ1) is 15.2. The van der Waals surface area contributed by atoms with Gasteiger partial charge in [0.25, 0.3) is 0 Å². The van der Waals surface area contributed by atoms with Crippen LogP contribution in [0.5, 0.6) is 0 Å². The molecular formula is C21H41N5O6S. The second-order valence-corrected chi connectivity index (χ2v) is 9.34. The topological polar surface area (TPSA) is 183 Å². The van der Waals surface area contributed by atoms with E-state index in [1.807, 2.05) is 13.8 Å². The highest BCUT2D eigenvalue weighted by molar-refractivity contribution is 7.80. The van der Waals surface area contributed by atoms with E-state index in [1.54, 1.807) is 13.8 Å². The molecule has 0 heterocycles. The predicted molar refractivity (Wildman–Crippen MR) is 128 cm³/mol. The van der Waals surface area contributed by atoms with Crippen molar-refractivity contribution in [3.8, 4) is 0 Å². The van der Waals surface area contributed by atoms with E-state index in [1.165, 1.54) is 13.8 Å². The van der Waals surface area contributed by atoms with Gasteiger partial charge in [-0.1, -0.05) is 27.7 Å². The molecule has 6 atom stereocenters. The highest BCUT2D eigenvalue weighted by Crippen LogP contribution is 2.09. The zero-order chi connectivity index (χ0) is 25.9. The van der Waals surface area contributed by atoms with E-state index in [-0.39, 0.29) is 17.6 Å². The van der Waals surface area contributed by atoms with E-state index in [9.17, 15) is 29.4 Å². The van der Waals surface area contributed by atoms with Crippen LogP contribution in [0.25, 0.3) is 0 Å². The molecule has 8 N–H and O–H groups in total. The van der Waals surface area contributed by atoms with Crippen molar-refractivity contribution in [3.63, 3.8) is 0 Å². The first-order valence-electron chi connectivity index (χ1n) is 11.1. The van der Waals surface area contributed by atoms with Crippen molar-refractivity contribution in [2.75, 3.05) is 12.4 Å². The Morgan fingerprint density at radius 3 is 1.85 bits per heavy atom. The molecule has 0 aromatic heterocycles. The molecular weight excluding hydrogens is 450 g/mol. The first-order valence-corrected chi connectivity index (χ1v) is 11.7. The number of amides is 4. The molecule has 33 heavy (non-hydrogen) atoms. The van der Waals surface area contributed by atoms with Crippen molar-refractivity contribution in [2.45, 2.75) is 84.3 Å². The first kappa shape index (κ1) is 31.1. The van der Waals surface area contributed by atoms with Crippen LogP contribution < -0.4 is 27.0 Å². The van der Waals surface area contributed by atoms with Gasteiger partial charge in [0.05, 0.1) is 24.8 Å². The predicted octanol–water partition coefficient (Wildman–Crippen LogP) is -1.72. The number of thiol groups is 1. The maximum absolute atomic E-state index is 13.0. The number of carbonyl (C=O) groups is 4. The van der Waals surface area contributed by atoms with Crippen LogP contribution in [-0.4, -0.2) is 82.5 Å². The number of rotatable bonds is 14. The molecule has 0 unspecified atom stereocenters. The smallest absolute Gasteiger partial charge is 0.243 e. The van der Waals surface area contributed by atoms with Gasteiger partial charge in [0.15, 0.2) is 0 Å². The van der Waals surface area contributed by atoms with Crippen molar-refractivity contribution in [1.82, 2.24) is 21.3 Å². The zero-order valence-corrected chi connectivity index (χ0v) is 21.2. The molecule has 0 saturated heterocycles. The van der Waals surface area contributed by atoms with Crippen LogP contribution in [0.3, 0.4) is 0 Å². The van der Waals surface area contributed by atoms with Gasteiger partial charge < -0.3 is 37.2 Å². The molecule has 11 nitrogen and oxygen atoms in total. The Hall–Kier alpha value is -1.89. The van der Waals surface area contributed by atoms with Crippen molar-refractivity contribution < 1.29 is 29.4 Å². The fourth-order valence-electron chi connectivity index (χ4n) is 2.85. The van der Waals surface area contributed by atoms with Crippen LogP contribution in [-0.2, 0) is 19.2 Å². The Labute approximate surface area is 201 Å². The summed E-state index contributed by atoms with van der Waals surface area (Å²) in [5.74, 6) is -2.38. The monoisotopic (exact) mass is 491 g/mol. The number of carbonyl (C=O) groups excluding carboxylic acids is 4. The fraction of sp³-hybridized carbons (Fsp3) is 0.810. The Kier molecular flexibility index (Phi) is 14.2. The Morgan fingerprint density at radius 1 is 0.848 bits per heavy atom. The van der Waals surface area contributed by atoms with Crippen LogP contribution >= 0.6 is 12.6 Å².